The molecule has 0 radical (unpaired) electrons. The third-order valence-electron chi connectivity index (χ3n) is 1.69. The molecule has 0 bridgehead atoms. The van der Waals surface area contributed by atoms with Crippen LogP contribution in [0.5, 0.6) is 0 Å². The molecule has 94 valence electrons. The number of urea groups is 1. The predicted octanol–water partition coefficient (Wildman–Crippen LogP) is 1.24. The number of carbonyl (C=O) groups is 1. The van der Waals surface area contributed by atoms with Crippen LogP contribution in [-0.2, 0) is 0 Å². The van der Waals surface area contributed by atoms with E-state index in [-0.39, 0.29) is 11.2 Å². The molecule has 0 fully saturated rings. The van der Waals surface area contributed by atoms with E-state index in [2.05, 4.69) is 20.6 Å². The zero-order chi connectivity index (χ0) is 12.7. The Morgan fingerprint density at radius 3 is 3.00 bits per heavy atom. The fraction of sp³-hybridized carbons (Fsp3) is 0.444. The van der Waals surface area contributed by atoms with Gasteiger partial charge in [-0.05, 0) is 5.75 Å². The molecule has 6 nitrogen and oxygen atoms in total. The third kappa shape index (κ3) is 4.66. The maximum Gasteiger partial charge on any atom is 0.319 e. The number of alkyl halides is 1. The van der Waals surface area contributed by atoms with Crippen molar-refractivity contribution in [3.63, 3.8) is 0 Å². The van der Waals surface area contributed by atoms with E-state index in [1.54, 1.807) is 0 Å². The average molecular weight is 277 g/mol. The fourth-order valence-electron chi connectivity index (χ4n) is 1.00. The summed E-state index contributed by atoms with van der Waals surface area (Å²) < 4.78 is 0. The van der Waals surface area contributed by atoms with Crippen LogP contribution >= 0.6 is 23.4 Å². The highest BCUT2D eigenvalue weighted by molar-refractivity contribution is 7.99. The summed E-state index contributed by atoms with van der Waals surface area (Å²) >= 11 is 6.83. The lowest BCUT2D eigenvalue weighted by atomic mass is 10.5. The number of rotatable bonds is 5. The van der Waals surface area contributed by atoms with Gasteiger partial charge in [-0.2, -0.15) is 0 Å². The third-order valence-corrected chi connectivity index (χ3v) is 2.64. The maximum absolute atomic E-state index is 11.5. The van der Waals surface area contributed by atoms with Gasteiger partial charge in [0, 0.05) is 12.4 Å². The van der Waals surface area contributed by atoms with Crippen LogP contribution in [-0.4, -0.2) is 34.2 Å². The monoisotopic (exact) mass is 276 g/mol. The lowest BCUT2D eigenvalue weighted by molar-refractivity contribution is 0.252. The molecule has 0 aromatic carbocycles. The van der Waals surface area contributed by atoms with E-state index in [0.717, 1.165) is 5.75 Å². The number of amides is 2. The summed E-state index contributed by atoms with van der Waals surface area (Å²) in [5.41, 5.74) is -0.269. The van der Waals surface area contributed by atoms with Crippen LogP contribution in [0.25, 0.3) is 0 Å². The first kappa shape index (κ1) is 13.9. The van der Waals surface area contributed by atoms with Gasteiger partial charge in [-0.25, -0.2) is 9.78 Å². The van der Waals surface area contributed by atoms with Crippen molar-refractivity contribution in [2.45, 2.75) is 12.1 Å². The minimum atomic E-state index is -0.478. The van der Waals surface area contributed by atoms with Gasteiger partial charge >= 0.3 is 6.03 Å². The Kier molecular flexibility index (Phi) is 5.85. The number of nitrogens with one attached hydrogen (secondary N) is 3. The maximum atomic E-state index is 11.5. The molecule has 0 aliphatic carbocycles. The van der Waals surface area contributed by atoms with Crippen molar-refractivity contribution in [1.82, 2.24) is 15.3 Å². The minimum Gasteiger partial charge on any atom is -0.337 e. The van der Waals surface area contributed by atoms with E-state index in [0.29, 0.717) is 17.6 Å². The molecule has 2 amide bonds. The largest absolute Gasteiger partial charge is 0.337 e. The van der Waals surface area contributed by atoms with Gasteiger partial charge in [0.1, 0.15) is 5.69 Å². The molecule has 1 heterocycles. The predicted molar refractivity (Wildman–Crippen MR) is 69.0 cm³/mol. The van der Waals surface area contributed by atoms with Crippen molar-refractivity contribution >= 4 is 35.1 Å². The number of aromatic amines is 1. The van der Waals surface area contributed by atoms with E-state index in [9.17, 15) is 9.59 Å². The van der Waals surface area contributed by atoms with Gasteiger partial charge in [0.2, 0.25) is 0 Å². The number of hydrogen-bond acceptors (Lipinski definition) is 4. The molecular formula is C9H13ClN4O2S. The smallest absolute Gasteiger partial charge is 0.319 e. The van der Waals surface area contributed by atoms with Gasteiger partial charge < -0.3 is 10.6 Å². The number of thioether (sulfide) groups is 1. The zero-order valence-corrected chi connectivity index (χ0v) is 10.8. The Labute approximate surface area is 108 Å². The van der Waals surface area contributed by atoms with Crippen molar-refractivity contribution in [2.24, 2.45) is 0 Å². The Hall–Kier alpha value is -1.21. The average Bonchev–Trinajstić information content (AvgIpc) is 2.30. The summed E-state index contributed by atoms with van der Waals surface area (Å²) in [5.74, 6) is 1.13. The highest BCUT2D eigenvalue weighted by atomic mass is 35.5. The Bertz CT molecular complexity index is 437. The lowest BCUT2D eigenvalue weighted by Crippen LogP contribution is -2.32. The molecule has 0 aliphatic rings. The van der Waals surface area contributed by atoms with Gasteiger partial charge in [-0.15, -0.1) is 11.6 Å². The quantitative estimate of drug-likeness (QED) is 0.429. The molecule has 0 saturated carbocycles. The van der Waals surface area contributed by atoms with Gasteiger partial charge in [-0.3, -0.25) is 9.78 Å². The van der Waals surface area contributed by atoms with Gasteiger partial charge in [-0.1, -0.05) is 18.7 Å². The van der Waals surface area contributed by atoms with E-state index in [1.807, 2.05) is 6.92 Å². The first-order valence-electron chi connectivity index (χ1n) is 5.00. The molecule has 0 atom stereocenters. The van der Waals surface area contributed by atoms with Gasteiger partial charge in [0.25, 0.3) is 5.56 Å². The lowest BCUT2D eigenvalue weighted by Gasteiger charge is -2.05. The summed E-state index contributed by atoms with van der Waals surface area (Å²) in [5, 5.41) is 5.40. The molecule has 0 spiro atoms. The molecular weight excluding hydrogens is 264 g/mol. The Morgan fingerprint density at radius 1 is 1.65 bits per heavy atom. The van der Waals surface area contributed by atoms with Crippen LogP contribution in [0.1, 0.15) is 6.92 Å². The standard InChI is InChI=1S/C9H13ClN4O2S/c1-2-17-9-12-5-6(7(15)14-9)13-8(16)11-4-3-10/h5H,2-4H2,1H3,(H2,11,13,16)(H,12,14,15). The van der Waals surface area contributed by atoms with Gasteiger partial charge in [0.15, 0.2) is 5.16 Å². The van der Waals surface area contributed by atoms with Crippen molar-refractivity contribution in [3.05, 3.63) is 16.6 Å². The summed E-state index contributed by atoms with van der Waals surface area (Å²) in [6, 6.07) is -0.478. The molecule has 8 heteroatoms. The topological polar surface area (TPSA) is 86.9 Å². The van der Waals surface area contributed by atoms with Crippen LogP contribution in [0.4, 0.5) is 10.5 Å². The summed E-state index contributed by atoms with van der Waals surface area (Å²) in [7, 11) is 0. The normalized spacial score (nSPS) is 10.0. The highest BCUT2D eigenvalue weighted by Gasteiger charge is 2.06. The van der Waals surface area contributed by atoms with E-state index < -0.39 is 6.03 Å². The second kappa shape index (κ2) is 7.18. The summed E-state index contributed by atoms with van der Waals surface area (Å²) in [6.45, 7) is 2.29. The first-order valence-corrected chi connectivity index (χ1v) is 6.52. The number of carbonyl (C=O) groups excluding carboxylic acids is 1. The van der Waals surface area contributed by atoms with Crippen LogP contribution < -0.4 is 16.2 Å². The number of halogens is 1. The minimum absolute atomic E-state index is 0.109. The molecule has 1 rings (SSSR count). The summed E-state index contributed by atoms with van der Waals surface area (Å²) in [6.07, 6.45) is 1.33. The first-order chi connectivity index (χ1) is 8.17. The van der Waals surface area contributed by atoms with Crippen molar-refractivity contribution in [2.75, 3.05) is 23.5 Å². The van der Waals surface area contributed by atoms with Crippen LogP contribution in [0.3, 0.4) is 0 Å². The van der Waals surface area contributed by atoms with Crippen molar-refractivity contribution in [1.29, 1.82) is 0 Å². The van der Waals surface area contributed by atoms with E-state index in [4.69, 9.17) is 11.6 Å². The molecule has 0 aliphatic heterocycles. The number of hydrogen-bond donors (Lipinski definition) is 3. The number of H-pyrrole nitrogens is 1. The van der Waals surface area contributed by atoms with Crippen molar-refractivity contribution in [3.8, 4) is 0 Å². The van der Waals surface area contributed by atoms with E-state index >= 15 is 0 Å². The molecule has 0 unspecified atom stereocenters. The SMILES string of the molecule is CCSc1ncc(NC(=O)NCCCl)c(=O)[nH]1. The van der Waals surface area contributed by atoms with Crippen LogP contribution in [0.2, 0.25) is 0 Å². The second-order valence-corrected chi connectivity index (χ2v) is 4.56. The number of aromatic nitrogens is 2. The molecule has 0 saturated heterocycles. The van der Waals surface area contributed by atoms with Crippen molar-refractivity contribution < 1.29 is 4.79 Å². The van der Waals surface area contributed by atoms with Crippen LogP contribution in [0.15, 0.2) is 16.1 Å². The summed E-state index contributed by atoms with van der Waals surface area (Å²) in [4.78, 5) is 29.4. The van der Waals surface area contributed by atoms with Crippen LogP contribution in [0, 0.1) is 0 Å². The van der Waals surface area contributed by atoms with Gasteiger partial charge in [0.05, 0.1) is 6.20 Å². The zero-order valence-electron chi connectivity index (χ0n) is 9.25. The molecule has 1 aromatic heterocycles. The molecule has 17 heavy (non-hydrogen) atoms. The highest BCUT2D eigenvalue weighted by Crippen LogP contribution is 2.09. The fourth-order valence-corrected chi connectivity index (χ4v) is 1.66. The number of anilines is 1. The second-order valence-electron chi connectivity index (χ2n) is 2.93. The Balaban J connectivity index is 2.66. The Morgan fingerprint density at radius 2 is 2.41 bits per heavy atom. The van der Waals surface area contributed by atoms with E-state index in [1.165, 1.54) is 18.0 Å². The molecule has 3 N–H and O–H groups in total. The number of nitrogens with zero attached hydrogens (tertiary/aromatic N) is 1. The molecule has 1 aromatic rings.